The predicted molar refractivity (Wildman–Crippen MR) is 85.2 cm³/mol. The first-order valence-electron chi connectivity index (χ1n) is 6.11. The summed E-state index contributed by atoms with van der Waals surface area (Å²) in [6, 6.07) is 15.5. The number of para-hydroxylation sites is 2. The minimum absolute atomic E-state index is 0. The summed E-state index contributed by atoms with van der Waals surface area (Å²) in [7, 11) is -3.60. The minimum Gasteiger partial charge on any atom is -0.492 e. The van der Waals surface area contributed by atoms with Crippen molar-refractivity contribution in [3.05, 3.63) is 54.6 Å². The van der Waals surface area contributed by atoms with E-state index in [1.165, 1.54) is 6.07 Å². The van der Waals surface area contributed by atoms with Gasteiger partial charge in [0.15, 0.2) is 0 Å². The number of nitrogens with two attached hydrogens (primary N) is 1. The summed E-state index contributed by atoms with van der Waals surface area (Å²) in [5.74, 6) is 0.700. The summed E-state index contributed by atoms with van der Waals surface area (Å²) in [6.45, 7) is 0.418. The van der Waals surface area contributed by atoms with E-state index < -0.39 is 10.0 Å². The maximum atomic E-state index is 12.0. The average Bonchev–Trinajstić information content (AvgIpc) is 2.45. The van der Waals surface area contributed by atoms with Crippen LogP contribution < -0.4 is 15.2 Å². The standard InChI is InChI=1S/C14H16N2O3S.ClH/c15-13-8-4-5-9-14(13)20(17,18)16-10-11-19-12-6-2-1-3-7-12;/h1-9,16H,10-11,15H2;1H. The number of halogens is 1. The van der Waals surface area contributed by atoms with E-state index in [9.17, 15) is 8.42 Å². The molecular weight excluding hydrogens is 312 g/mol. The molecule has 2 rings (SSSR count). The number of benzene rings is 2. The van der Waals surface area contributed by atoms with E-state index in [2.05, 4.69) is 4.72 Å². The smallest absolute Gasteiger partial charge is 0.242 e. The lowest BCUT2D eigenvalue weighted by molar-refractivity contribution is 0.323. The molecule has 0 heterocycles. The lowest BCUT2D eigenvalue weighted by Gasteiger charge is -2.09. The van der Waals surface area contributed by atoms with Crippen LogP contribution in [0.2, 0.25) is 0 Å². The van der Waals surface area contributed by atoms with E-state index in [1.807, 2.05) is 30.3 Å². The fraction of sp³-hybridized carbons (Fsp3) is 0.143. The molecule has 2 aromatic rings. The fourth-order valence-electron chi connectivity index (χ4n) is 1.66. The van der Waals surface area contributed by atoms with Crippen molar-refractivity contribution in [1.82, 2.24) is 4.72 Å². The van der Waals surface area contributed by atoms with E-state index >= 15 is 0 Å². The van der Waals surface area contributed by atoms with E-state index in [-0.39, 0.29) is 36.1 Å². The van der Waals surface area contributed by atoms with Crippen LogP contribution in [0, 0.1) is 0 Å². The van der Waals surface area contributed by atoms with Crippen molar-refractivity contribution in [2.45, 2.75) is 4.90 Å². The topological polar surface area (TPSA) is 81.4 Å². The Balaban J connectivity index is 0.00000220. The van der Waals surface area contributed by atoms with Gasteiger partial charge < -0.3 is 10.5 Å². The van der Waals surface area contributed by atoms with Crippen molar-refractivity contribution in [1.29, 1.82) is 0 Å². The molecule has 0 unspecified atom stereocenters. The molecule has 5 nitrogen and oxygen atoms in total. The number of rotatable bonds is 6. The Labute approximate surface area is 130 Å². The SMILES string of the molecule is Cl.Nc1ccccc1S(=O)(=O)NCCOc1ccccc1. The van der Waals surface area contributed by atoms with Crippen LogP contribution in [-0.2, 0) is 10.0 Å². The Morgan fingerprint density at radius 1 is 1.00 bits per heavy atom. The van der Waals surface area contributed by atoms with E-state index in [0.29, 0.717) is 5.75 Å². The van der Waals surface area contributed by atoms with Crippen molar-refractivity contribution < 1.29 is 13.2 Å². The molecule has 0 atom stereocenters. The molecule has 114 valence electrons. The molecule has 7 heteroatoms. The van der Waals surface area contributed by atoms with Gasteiger partial charge in [0.05, 0.1) is 5.69 Å². The minimum atomic E-state index is -3.60. The molecule has 0 fully saturated rings. The van der Waals surface area contributed by atoms with Crippen LogP contribution in [0.25, 0.3) is 0 Å². The maximum absolute atomic E-state index is 12.0. The van der Waals surface area contributed by atoms with Gasteiger partial charge in [0, 0.05) is 6.54 Å². The van der Waals surface area contributed by atoms with Crippen molar-refractivity contribution in [3.8, 4) is 5.75 Å². The summed E-state index contributed by atoms with van der Waals surface area (Å²) >= 11 is 0. The lowest BCUT2D eigenvalue weighted by Crippen LogP contribution is -2.28. The van der Waals surface area contributed by atoms with Crippen LogP contribution in [0.4, 0.5) is 5.69 Å². The summed E-state index contributed by atoms with van der Waals surface area (Å²) in [5.41, 5.74) is 5.88. The molecule has 3 N–H and O–H groups in total. The Bertz CT molecular complexity index is 663. The van der Waals surface area contributed by atoms with Crippen LogP contribution in [0.5, 0.6) is 5.75 Å². The Hall–Kier alpha value is -1.76. The number of nitrogen functional groups attached to an aromatic ring is 1. The molecule has 0 amide bonds. The quantitative estimate of drug-likeness (QED) is 0.628. The summed E-state index contributed by atoms with van der Waals surface area (Å²) in [4.78, 5) is 0.0831. The molecule has 0 aliphatic rings. The molecule has 0 aliphatic heterocycles. The normalized spacial score (nSPS) is 10.7. The molecular formula is C14H17ClN2O3S. The highest BCUT2D eigenvalue weighted by Crippen LogP contribution is 2.16. The number of anilines is 1. The molecule has 2 aromatic carbocycles. The molecule has 0 spiro atoms. The fourth-order valence-corrected chi connectivity index (χ4v) is 2.81. The molecule has 21 heavy (non-hydrogen) atoms. The van der Waals surface area contributed by atoms with E-state index in [4.69, 9.17) is 10.5 Å². The zero-order valence-electron chi connectivity index (χ0n) is 11.2. The molecule has 0 saturated carbocycles. The molecule has 0 radical (unpaired) electrons. The zero-order chi connectivity index (χ0) is 14.4. The van der Waals surface area contributed by atoms with Crippen molar-refractivity contribution in [3.63, 3.8) is 0 Å². The van der Waals surface area contributed by atoms with Crippen molar-refractivity contribution in [2.75, 3.05) is 18.9 Å². The van der Waals surface area contributed by atoms with Gasteiger partial charge in [-0.05, 0) is 24.3 Å². The number of hydrogen-bond acceptors (Lipinski definition) is 4. The second-order valence-corrected chi connectivity index (χ2v) is 5.83. The number of sulfonamides is 1. The van der Waals surface area contributed by atoms with Gasteiger partial charge in [-0.1, -0.05) is 30.3 Å². The third kappa shape index (κ3) is 4.93. The van der Waals surface area contributed by atoms with Gasteiger partial charge in [-0.25, -0.2) is 13.1 Å². The van der Waals surface area contributed by atoms with Gasteiger partial charge in [0.1, 0.15) is 17.3 Å². The van der Waals surface area contributed by atoms with Crippen LogP contribution >= 0.6 is 12.4 Å². The Morgan fingerprint density at radius 3 is 2.29 bits per heavy atom. The van der Waals surface area contributed by atoms with Crippen molar-refractivity contribution in [2.24, 2.45) is 0 Å². The largest absolute Gasteiger partial charge is 0.492 e. The highest BCUT2D eigenvalue weighted by Gasteiger charge is 2.15. The van der Waals surface area contributed by atoms with E-state index in [0.717, 1.165) is 0 Å². The van der Waals surface area contributed by atoms with Crippen molar-refractivity contribution >= 4 is 28.1 Å². The summed E-state index contributed by atoms with van der Waals surface area (Å²) < 4.78 is 31.9. The number of nitrogens with one attached hydrogen (secondary N) is 1. The van der Waals surface area contributed by atoms with Gasteiger partial charge in [-0.2, -0.15) is 0 Å². The Kier molecular flexibility index (Phi) is 6.48. The van der Waals surface area contributed by atoms with Crippen LogP contribution in [0.1, 0.15) is 0 Å². The predicted octanol–water partition coefficient (Wildman–Crippen LogP) is 2.05. The lowest BCUT2D eigenvalue weighted by atomic mass is 10.3. The Morgan fingerprint density at radius 2 is 1.62 bits per heavy atom. The molecule has 0 bridgehead atoms. The second-order valence-electron chi connectivity index (χ2n) is 4.10. The van der Waals surface area contributed by atoms with Crippen LogP contribution in [0.15, 0.2) is 59.5 Å². The summed E-state index contributed by atoms with van der Waals surface area (Å²) in [6.07, 6.45) is 0. The average molecular weight is 329 g/mol. The monoisotopic (exact) mass is 328 g/mol. The van der Waals surface area contributed by atoms with Crippen LogP contribution in [-0.4, -0.2) is 21.6 Å². The molecule has 0 aliphatic carbocycles. The zero-order valence-corrected chi connectivity index (χ0v) is 12.9. The number of ether oxygens (including phenoxy) is 1. The first-order chi connectivity index (χ1) is 9.59. The highest BCUT2D eigenvalue weighted by atomic mass is 35.5. The van der Waals surface area contributed by atoms with Gasteiger partial charge in [-0.3, -0.25) is 0 Å². The maximum Gasteiger partial charge on any atom is 0.242 e. The van der Waals surface area contributed by atoms with Gasteiger partial charge in [-0.15, -0.1) is 12.4 Å². The molecule has 0 aromatic heterocycles. The first-order valence-corrected chi connectivity index (χ1v) is 7.60. The van der Waals surface area contributed by atoms with Gasteiger partial charge in [0.25, 0.3) is 0 Å². The first kappa shape index (κ1) is 17.3. The molecule has 0 saturated heterocycles. The highest BCUT2D eigenvalue weighted by molar-refractivity contribution is 7.89. The number of hydrogen-bond donors (Lipinski definition) is 2. The van der Waals surface area contributed by atoms with Crippen LogP contribution in [0.3, 0.4) is 0 Å². The van der Waals surface area contributed by atoms with Gasteiger partial charge >= 0.3 is 0 Å². The van der Waals surface area contributed by atoms with Gasteiger partial charge in [0.2, 0.25) is 10.0 Å². The second kappa shape index (κ2) is 7.87. The third-order valence-corrected chi connectivity index (χ3v) is 4.15. The third-order valence-electron chi connectivity index (χ3n) is 2.61. The van der Waals surface area contributed by atoms with E-state index in [1.54, 1.807) is 18.2 Å². The summed E-state index contributed by atoms with van der Waals surface area (Å²) in [5, 5.41) is 0.